The zero-order valence-electron chi connectivity index (χ0n) is 22.0. The fourth-order valence-electron chi connectivity index (χ4n) is 5.55. The molecule has 2 fully saturated rings. The predicted octanol–water partition coefficient (Wildman–Crippen LogP) is 7.30. The Morgan fingerprint density at radius 1 is 0.500 bits per heavy atom. The van der Waals surface area contributed by atoms with E-state index < -0.39 is 0 Å². The van der Waals surface area contributed by atoms with Crippen LogP contribution in [-0.2, 0) is 0 Å². The van der Waals surface area contributed by atoms with E-state index in [1.54, 1.807) is 0 Å². The van der Waals surface area contributed by atoms with Crippen LogP contribution in [0.2, 0.25) is 0 Å². The maximum atomic E-state index is 13.0. The number of para-hydroxylation sites is 2. The average Bonchev–Trinajstić information content (AvgIpc) is 2.96. The summed E-state index contributed by atoms with van der Waals surface area (Å²) in [6.07, 6.45) is 11.5. The summed E-state index contributed by atoms with van der Waals surface area (Å²) in [5.41, 5.74) is 4.64. The molecule has 4 N–H and O–H groups in total. The van der Waals surface area contributed by atoms with Gasteiger partial charge >= 0.3 is 0 Å². The van der Waals surface area contributed by atoms with Gasteiger partial charge in [-0.15, -0.1) is 0 Å². The van der Waals surface area contributed by atoms with Gasteiger partial charge in [0.1, 0.15) is 0 Å². The second-order valence-corrected chi connectivity index (χ2v) is 10.5. The predicted molar refractivity (Wildman–Crippen MR) is 155 cm³/mol. The number of amides is 2. The largest absolute Gasteiger partial charge is 0.355 e. The molecule has 198 valence electrons. The van der Waals surface area contributed by atoms with Gasteiger partial charge in [-0.3, -0.25) is 9.59 Å². The first kappa shape index (κ1) is 25.8. The van der Waals surface area contributed by atoms with Crippen LogP contribution in [0.4, 0.5) is 22.7 Å². The fourth-order valence-corrected chi connectivity index (χ4v) is 5.55. The van der Waals surface area contributed by atoms with Crippen molar-refractivity contribution in [2.75, 3.05) is 10.6 Å². The number of nitrogens with one attached hydrogen (secondary N) is 4. The van der Waals surface area contributed by atoms with Gasteiger partial charge in [0.15, 0.2) is 0 Å². The van der Waals surface area contributed by atoms with Crippen LogP contribution in [0.25, 0.3) is 0 Å². The molecule has 3 aromatic carbocycles. The van der Waals surface area contributed by atoms with Crippen LogP contribution in [0.1, 0.15) is 84.9 Å². The molecule has 0 spiro atoms. The number of anilines is 4. The second-order valence-electron chi connectivity index (χ2n) is 10.5. The summed E-state index contributed by atoms with van der Waals surface area (Å²) in [7, 11) is 0. The van der Waals surface area contributed by atoms with Crippen molar-refractivity contribution in [2.24, 2.45) is 0 Å². The maximum absolute atomic E-state index is 13.0. The first-order chi connectivity index (χ1) is 18.7. The molecule has 2 aliphatic rings. The third-order valence-corrected chi connectivity index (χ3v) is 7.67. The summed E-state index contributed by atoms with van der Waals surface area (Å²) in [6.45, 7) is 0. The van der Waals surface area contributed by atoms with Crippen LogP contribution < -0.4 is 21.3 Å². The van der Waals surface area contributed by atoms with Crippen molar-refractivity contribution < 1.29 is 9.59 Å². The molecule has 0 aliphatic heterocycles. The van der Waals surface area contributed by atoms with Crippen LogP contribution in [0.5, 0.6) is 0 Å². The summed E-state index contributed by atoms with van der Waals surface area (Å²) in [5.74, 6) is -0.0530. The van der Waals surface area contributed by atoms with E-state index in [2.05, 4.69) is 21.3 Å². The van der Waals surface area contributed by atoms with E-state index in [-0.39, 0.29) is 23.9 Å². The number of benzene rings is 3. The lowest BCUT2D eigenvalue weighted by Gasteiger charge is -2.23. The van der Waals surface area contributed by atoms with Crippen LogP contribution in [0, 0.1) is 0 Å². The van der Waals surface area contributed by atoms with Crippen molar-refractivity contribution >= 4 is 34.6 Å². The number of hydrogen-bond donors (Lipinski definition) is 4. The minimum atomic E-state index is -0.0265. The van der Waals surface area contributed by atoms with E-state index in [9.17, 15) is 9.59 Å². The van der Waals surface area contributed by atoms with Crippen molar-refractivity contribution in [1.29, 1.82) is 0 Å². The fraction of sp³-hybridized carbons (Fsp3) is 0.375. The van der Waals surface area contributed by atoms with Gasteiger partial charge in [-0.1, -0.05) is 62.8 Å². The normalized spacial score (nSPS) is 16.4. The van der Waals surface area contributed by atoms with Gasteiger partial charge in [-0.05, 0) is 74.2 Å². The highest BCUT2D eigenvalue weighted by atomic mass is 16.2. The number of carbonyl (C=O) groups excluding carboxylic acids is 2. The molecular formula is C32H38N4O2. The summed E-state index contributed by atoms with van der Waals surface area (Å²) in [6, 6.07) is 23.7. The van der Waals surface area contributed by atoms with Crippen LogP contribution in [0.15, 0.2) is 72.8 Å². The number of carbonyl (C=O) groups is 2. The molecule has 0 heterocycles. The van der Waals surface area contributed by atoms with Crippen LogP contribution in [-0.4, -0.2) is 23.9 Å². The Bertz CT molecular complexity index is 1130. The monoisotopic (exact) mass is 510 g/mol. The Labute approximate surface area is 225 Å². The lowest BCUT2D eigenvalue weighted by atomic mass is 9.95. The Morgan fingerprint density at radius 2 is 0.868 bits per heavy atom. The molecule has 0 aromatic heterocycles. The molecule has 2 aliphatic carbocycles. The van der Waals surface area contributed by atoms with Gasteiger partial charge in [0.05, 0.1) is 22.5 Å². The zero-order valence-corrected chi connectivity index (χ0v) is 22.0. The summed E-state index contributed by atoms with van der Waals surface area (Å²) >= 11 is 0. The molecule has 6 heteroatoms. The summed E-state index contributed by atoms with van der Waals surface area (Å²) in [4.78, 5) is 26.0. The van der Waals surface area contributed by atoms with Crippen molar-refractivity contribution in [3.05, 3.63) is 83.9 Å². The van der Waals surface area contributed by atoms with Gasteiger partial charge in [0.25, 0.3) is 11.8 Å². The quantitative estimate of drug-likeness (QED) is 0.256. The second kappa shape index (κ2) is 12.6. The van der Waals surface area contributed by atoms with E-state index in [1.165, 1.54) is 38.5 Å². The van der Waals surface area contributed by atoms with Gasteiger partial charge in [0, 0.05) is 23.5 Å². The highest BCUT2D eigenvalue weighted by Crippen LogP contribution is 2.26. The first-order valence-corrected chi connectivity index (χ1v) is 14.1. The van der Waals surface area contributed by atoms with Crippen molar-refractivity contribution in [3.63, 3.8) is 0 Å². The molecule has 2 amide bonds. The van der Waals surface area contributed by atoms with E-state index in [0.717, 1.165) is 48.4 Å². The van der Waals surface area contributed by atoms with Crippen LogP contribution in [0.3, 0.4) is 0 Å². The lowest BCUT2D eigenvalue weighted by molar-refractivity contribution is 0.0920. The Kier molecular flexibility index (Phi) is 8.59. The molecule has 0 atom stereocenters. The SMILES string of the molecule is O=C(NC1CCCCC1)c1ccccc1Nc1ccc(Nc2ccccc2C(=O)NC2CCCCC2)cc1. The molecular weight excluding hydrogens is 472 g/mol. The third kappa shape index (κ3) is 6.74. The van der Waals surface area contributed by atoms with E-state index in [0.29, 0.717) is 11.1 Å². The number of hydrogen-bond acceptors (Lipinski definition) is 4. The Hall–Kier alpha value is -3.80. The van der Waals surface area contributed by atoms with Gasteiger partial charge in [0.2, 0.25) is 0 Å². The smallest absolute Gasteiger partial charge is 0.253 e. The average molecular weight is 511 g/mol. The summed E-state index contributed by atoms with van der Waals surface area (Å²) < 4.78 is 0. The van der Waals surface area contributed by atoms with Gasteiger partial charge in [-0.25, -0.2) is 0 Å². The minimum absolute atomic E-state index is 0.0265. The van der Waals surface area contributed by atoms with E-state index >= 15 is 0 Å². The van der Waals surface area contributed by atoms with E-state index in [4.69, 9.17) is 0 Å². The molecule has 5 rings (SSSR count). The molecule has 0 radical (unpaired) electrons. The topological polar surface area (TPSA) is 82.3 Å². The van der Waals surface area contributed by atoms with E-state index in [1.807, 2.05) is 72.8 Å². The minimum Gasteiger partial charge on any atom is -0.355 e. The maximum Gasteiger partial charge on any atom is 0.253 e. The molecule has 38 heavy (non-hydrogen) atoms. The van der Waals surface area contributed by atoms with Crippen molar-refractivity contribution in [1.82, 2.24) is 10.6 Å². The van der Waals surface area contributed by atoms with Crippen LogP contribution >= 0.6 is 0 Å². The van der Waals surface area contributed by atoms with Crippen molar-refractivity contribution in [2.45, 2.75) is 76.3 Å². The standard InChI is InChI=1S/C32H38N4O2/c37-31(35-23-11-3-1-4-12-23)27-15-7-9-17-29(27)33-25-19-21-26(22-20-25)34-30-18-10-8-16-28(30)32(38)36-24-13-5-2-6-14-24/h7-10,15-24,33-34H,1-6,11-14H2,(H,35,37)(H,36,38). The lowest BCUT2D eigenvalue weighted by Crippen LogP contribution is -2.36. The highest BCUT2D eigenvalue weighted by molar-refractivity contribution is 6.01. The molecule has 0 saturated heterocycles. The number of rotatable bonds is 8. The molecule has 2 saturated carbocycles. The van der Waals surface area contributed by atoms with Gasteiger partial charge < -0.3 is 21.3 Å². The molecule has 0 bridgehead atoms. The first-order valence-electron chi connectivity index (χ1n) is 14.1. The Morgan fingerprint density at radius 3 is 1.26 bits per heavy atom. The third-order valence-electron chi connectivity index (χ3n) is 7.67. The molecule has 0 unspecified atom stereocenters. The molecule has 3 aromatic rings. The van der Waals surface area contributed by atoms with Gasteiger partial charge in [-0.2, -0.15) is 0 Å². The zero-order chi connectivity index (χ0) is 26.2. The highest BCUT2D eigenvalue weighted by Gasteiger charge is 2.20. The summed E-state index contributed by atoms with van der Waals surface area (Å²) in [5, 5.41) is 13.2. The van der Waals surface area contributed by atoms with Crippen molar-refractivity contribution in [3.8, 4) is 0 Å². The Balaban J connectivity index is 1.23. The molecule has 6 nitrogen and oxygen atoms in total.